The van der Waals surface area contributed by atoms with E-state index in [9.17, 15) is 9.90 Å². The van der Waals surface area contributed by atoms with Crippen molar-refractivity contribution in [2.75, 3.05) is 13.1 Å². The van der Waals surface area contributed by atoms with Crippen LogP contribution in [0.3, 0.4) is 0 Å². The molecule has 0 bridgehead atoms. The number of aromatic nitrogens is 3. The van der Waals surface area contributed by atoms with Crippen LogP contribution in [0.2, 0.25) is 0 Å². The zero-order valence-electron chi connectivity index (χ0n) is 14.5. The summed E-state index contributed by atoms with van der Waals surface area (Å²) in [6, 6.07) is 15.2. The number of hydrogen-bond donors (Lipinski definition) is 1. The molecule has 1 saturated heterocycles. The minimum atomic E-state index is -0.903. The molecule has 3 aromatic rings. The van der Waals surface area contributed by atoms with Gasteiger partial charge in [-0.25, -0.2) is 4.79 Å². The molecule has 6 nitrogen and oxygen atoms in total. The molecule has 0 radical (unpaired) electrons. The van der Waals surface area contributed by atoms with Crippen LogP contribution in [0.5, 0.6) is 0 Å². The molecule has 0 aliphatic carbocycles. The molecule has 1 aromatic heterocycles. The van der Waals surface area contributed by atoms with E-state index in [1.807, 2.05) is 35.9 Å². The van der Waals surface area contributed by atoms with E-state index in [2.05, 4.69) is 27.2 Å². The lowest BCUT2D eigenvalue weighted by atomic mass is 9.96. The van der Waals surface area contributed by atoms with Gasteiger partial charge in [-0.05, 0) is 22.8 Å². The first-order valence-corrected chi connectivity index (χ1v) is 8.59. The highest BCUT2D eigenvalue weighted by Crippen LogP contribution is 2.28. The molecule has 6 heteroatoms. The summed E-state index contributed by atoms with van der Waals surface area (Å²) in [6.45, 7) is 2.85. The maximum absolute atomic E-state index is 11.4. The fourth-order valence-electron chi connectivity index (χ4n) is 3.49. The average Bonchev–Trinajstić information content (AvgIpc) is 3.04. The van der Waals surface area contributed by atoms with Crippen molar-refractivity contribution in [3.63, 3.8) is 0 Å². The average molecular weight is 348 g/mol. The van der Waals surface area contributed by atoms with Crippen LogP contribution in [-0.4, -0.2) is 43.8 Å². The van der Waals surface area contributed by atoms with E-state index in [4.69, 9.17) is 0 Å². The quantitative estimate of drug-likeness (QED) is 0.768. The Labute approximate surface area is 151 Å². The summed E-state index contributed by atoms with van der Waals surface area (Å²) >= 11 is 0. The minimum Gasteiger partial charge on any atom is -0.478 e. The second-order valence-electron chi connectivity index (χ2n) is 6.74. The first kappa shape index (κ1) is 16.5. The fourth-order valence-corrected chi connectivity index (χ4v) is 3.49. The van der Waals surface area contributed by atoms with E-state index in [0.717, 1.165) is 36.6 Å². The molecule has 0 amide bonds. The number of aromatic carboxylic acids is 1. The number of hydrogen-bond acceptors (Lipinski definition) is 4. The van der Waals surface area contributed by atoms with E-state index in [-0.39, 0.29) is 0 Å². The third kappa shape index (κ3) is 3.11. The summed E-state index contributed by atoms with van der Waals surface area (Å²) in [6.07, 6.45) is 1.74. The highest BCUT2D eigenvalue weighted by molar-refractivity contribution is 5.95. The van der Waals surface area contributed by atoms with Crippen LogP contribution in [-0.2, 0) is 13.6 Å². The van der Waals surface area contributed by atoms with Crippen LogP contribution in [0.4, 0.5) is 0 Å². The molecule has 1 aliphatic heterocycles. The lowest BCUT2D eigenvalue weighted by Crippen LogP contribution is -2.45. The molecule has 0 saturated carbocycles. The maximum atomic E-state index is 11.4. The van der Waals surface area contributed by atoms with E-state index in [0.29, 0.717) is 11.5 Å². The SMILES string of the molecule is Cn1cnnc1C1CN(Cc2ccc(-c3ccccc3C(=O)O)cc2)C1. The van der Waals surface area contributed by atoms with Gasteiger partial charge in [-0.1, -0.05) is 42.5 Å². The normalized spacial score (nSPS) is 15.0. The van der Waals surface area contributed by atoms with Crippen LogP contribution in [0.25, 0.3) is 11.1 Å². The van der Waals surface area contributed by atoms with Gasteiger partial charge in [0.2, 0.25) is 0 Å². The van der Waals surface area contributed by atoms with Crippen LogP contribution in [0.1, 0.15) is 27.7 Å². The highest BCUT2D eigenvalue weighted by Gasteiger charge is 2.31. The smallest absolute Gasteiger partial charge is 0.336 e. The van der Waals surface area contributed by atoms with Gasteiger partial charge in [0, 0.05) is 32.6 Å². The van der Waals surface area contributed by atoms with Crippen molar-refractivity contribution in [3.8, 4) is 11.1 Å². The monoisotopic (exact) mass is 348 g/mol. The fraction of sp³-hybridized carbons (Fsp3) is 0.250. The predicted octanol–water partition coefficient (Wildman–Crippen LogP) is 2.78. The molecule has 1 aliphatic rings. The Bertz CT molecular complexity index is 927. The molecule has 0 unspecified atom stereocenters. The number of nitrogens with zero attached hydrogens (tertiary/aromatic N) is 4. The molecule has 0 spiro atoms. The summed E-state index contributed by atoms with van der Waals surface area (Å²) in [5.74, 6) is 0.589. The lowest BCUT2D eigenvalue weighted by molar-refractivity contribution is 0.0697. The van der Waals surface area contributed by atoms with Crippen LogP contribution in [0, 0.1) is 0 Å². The van der Waals surface area contributed by atoms with Gasteiger partial charge in [0.1, 0.15) is 12.2 Å². The largest absolute Gasteiger partial charge is 0.478 e. The van der Waals surface area contributed by atoms with Crippen molar-refractivity contribution in [1.29, 1.82) is 0 Å². The van der Waals surface area contributed by atoms with Gasteiger partial charge in [0.05, 0.1) is 5.56 Å². The maximum Gasteiger partial charge on any atom is 0.336 e. The Morgan fingerprint density at radius 3 is 2.54 bits per heavy atom. The van der Waals surface area contributed by atoms with Crippen molar-refractivity contribution >= 4 is 5.97 Å². The van der Waals surface area contributed by atoms with Crippen molar-refractivity contribution < 1.29 is 9.90 Å². The number of carboxylic acid groups (broad SMARTS) is 1. The van der Waals surface area contributed by atoms with Crippen LogP contribution < -0.4 is 0 Å². The van der Waals surface area contributed by atoms with Gasteiger partial charge in [-0.2, -0.15) is 0 Å². The molecule has 4 rings (SSSR count). The van der Waals surface area contributed by atoms with Gasteiger partial charge in [0.25, 0.3) is 0 Å². The van der Waals surface area contributed by atoms with E-state index < -0.39 is 5.97 Å². The molecule has 0 atom stereocenters. The minimum absolute atomic E-state index is 0.328. The Kier molecular flexibility index (Phi) is 4.26. The number of likely N-dealkylation sites (tertiary alicyclic amines) is 1. The van der Waals surface area contributed by atoms with Crippen molar-refractivity contribution in [2.45, 2.75) is 12.5 Å². The molecule has 132 valence electrons. The van der Waals surface area contributed by atoms with Crippen molar-refractivity contribution in [2.24, 2.45) is 7.05 Å². The summed E-state index contributed by atoms with van der Waals surface area (Å²) in [5, 5.41) is 17.5. The zero-order valence-corrected chi connectivity index (χ0v) is 14.5. The summed E-state index contributed by atoms with van der Waals surface area (Å²) < 4.78 is 1.98. The zero-order chi connectivity index (χ0) is 18.1. The summed E-state index contributed by atoms with van der Waals surface area (Å²) in [4.78, 5) is 13.8. The van der Waals surface area contributed by atoms with Crippen LogP contribution >= 0.6 is 0 Å². The highest BCUT2D eigenvalue weighted by atomic mass is 16.4. The standard InChI is InChI=1S/C20H20N4O2/c1-23-13-21-22-19(23)16-11-24(12-16)10-14-6-8-15(9-7-14)17-4-2-3-5-18(17)20(25)26/h2-9,13,16H,10-12H2,1H3,(H,25,26). The molecule has 1 fully saturated rings. The van der Waals surface area contributed by atoms with Crippen molar-refractivity contribution in [3.05, 3.63) is 71.8 Å². The van der Waals surface area contributed by atoms with Gasteiger partial charge in [-0.15, -0.1) is 10.2 Å². The predicted molar refractivity (Wildman–Crippen MR) is 97.9 cm³/mol. The number of carboxylic acids is 1. The second kappa shape index (κ2) is 6.72. The summed E-state index contributed by atoms with van der Waals surface area (Å²) in [7, 11) is 1.98. The number of rotatable bonds is 5. The van der Waals surface area contributed by atoms with Crippen molar-refractivity contribution in [1.82, 2.24) is 19.7 Å². The Hall–Kier alpha value is -2.99. The molecule has 1 N–H and O–H groups in total. The molecule has 2 aromatic carbocycles. The summed E-state index contributed by atoms with van der Waals surface area (Å²) in [5.41, 5.74) is 3.22. The Balaban J connectivity index is 1.42. The van der Waals surface area contributed by atoms with E-state index in [1.165, 1.54) is 5.56 Å². The second-order valence-corrected chi connectivity index (χ2v) is 6.74. The number of aryl methyl sites for hydroxylation is 1. The lowest BCUT2D eigenvalue weighted by Gasteiger charge is -2.38. The molecule has 2 heterocycles. The number of carbonyl (C=O) groups is 1. The first-order chi connectivity index (χ1) is 12.6. The topological polar surface area (TPSA) is 71.2 Å². The van der Waals surface area contributed by atoms with Gasteiger partial charge >= 0.3 is 5.97 Å². The third-order valence-electron chi connectivity index (χ3n) is 4.90. The van der Waals surface area contributed by atoms with Gasteiger partial charge in [0.15, 0.2) is 0 Å². The Morgan fingerprint density at radius 2 is 1.88 bits per heavy atom. The van der Waals surface area contributed by atoms with E-state index >= 15 is 0 Å². The van der Waals surface area contributed by atoms with Crippen LogP contribution in [0.15, 0.2) is 54.9 Å². The van der Waals surface area contributed by atoms with E-state index in [1.54, 1.807) is 18.5 Å². The molecular formula is C20H20N4O2. The molecular weight excluding hydrogens is 328 g/mol. The van der Waals surface area contributed by atoms with Gasteiger partial charge < -0.3 is 9.67 Å². The Morgan fingerprint density at radius 1 is 1.15 bits per heavy atom. The number of benzene rings is 2. The van der Waals surface area contributed by atoms with Gasteiger partial charge in [-0.3, -0.25) is 4.90 Å². The first-order valence-electron chi connectivity index (χ1n) is 8.59. The molecule has 26 heavy (non-hydrogen) atoms. The third-order valence-corrected chi connectivity index (χ3v) is 4.90.